The minimum Gasteiger partial charge on any atom is -0.466 e. The first kappa shape index (κ1) is 16.4. The molecular weight excluding hydrogens is 304 g/mol. The van der Waals surface area contributed by atoms with E-state index in [9.17, 15) is 9.90 Å². The van der Waals surface area contributed by atoms with E-state index in [4.69, 9.17) is 16.0 Å². The number of hydrogen-bond donors (Lipinski definition) is 3. The fraction of sp³-hybridized carbons (Fsp3) is 0.312. The van der Waals surface area contributed by atoms with Crippen molar-refractivity contribution in [2.75, 3.05) is 6.54 Å². The molecule has 0 fully saturated rings. The molecule has 0 saturated heterocycles. The summed E-state index contributed by atoms with van der Waals surface area (Å²) in [6, 6.07) is 10.1. The van der Waals surface area contributed by atoms with Gasteiger partial charge in [-0.2, -0.15) is 0 Å². The minimum atomic E-state index is -1.26. The van der Waals surface area contributed by atoms with Gasteiger partial charge in [0.1, 0.15) is 11.4 Å². The molecule has 118 valence electrons. The maximum Gasteiger partial charge on any atom is 0.315 e. The second-order valence-electron chi connectivity index (χ2n) is 5.35. The SMILES string of the molecule is C[C@H](NC(=O)NC[C@](C)(O)c1ccco1)c1cccc(Cl)c1. The standard InChI is InChI=1S/C16H19ClN2O3/c1-11(12-5-3-6-13(17)9-12)19-15(20)18-10-16(2,21)14-7-4-8-22-14/h3-9,11,21H,10H2,1-2H3,(H2,18,19,20)/t11-,16-/m0/s1. The highest BCUT2D eigenvalue weighted by atomic mass is 35.5. The molecule has 1 aromatic carbocycles. The first-order chi connectivity index (χ1) is 10.4. The predicted molar refractivity (Wildman–Crippen MR) is 84.7 cm³/mol. The molecule has 0 aliphatic carbocycles. The van der Waals surface area contributed by atoms with Crippen LogP contribution in [0.1, 0.15) is 31.2 Å². The molecule has 0 radical (unpaired) electrons. The Bertz CT molecular complexity index is 626. The molecule has 22 heavy (non-hydrogen) atoms. The van der Waals surface area contributed by atoms with E-state index in [2.05, 4.69) is 10.6 Å². The van der Waals surface area contributed by atoms with Gasteiger partial charge in [0.05, 0.1) is 18.8 Å². The molecule has 1 heterocycles. The zero-order valence-corrected chi connectivity index (χ0v) is 13.2. The summed E-state index contributed by atoms with van der Waals surface area (Å²) < 4.78 is 5.16. The van der Waals surface area contributed by atoms with Gasteiger partial charge < -0.3 is 20.2 Å². The summed E-state index contributed by atoms with van der Waals surface area (Å²) in [7, 11) is 0. The quantitative estimate of drug-likeness (QED) is 0.791. The number of benzene rings is 1. The first-order valence-corrected chi connectivity index (χ1v) is 7.32. The van der Waals surface area contributed by atoms with E-state index >= 15 is 0 Å². The number of hydrogen-bond acceptors (Lipinski definition) is 3. The van der Waals surface area contributed by atoms with Crippen molar-refractivity contribution in [2.24, 2.45) is 0 Å². The lowest BCUT2D eigenvalue weighted by atomic mass is 10.0. The molecule has 5 nitrogen and oxygen atoms in total. The molecule has 3 N–H and O–H groups in total. The molecule has 2 amide bonds. The Hall–Kier alpha value is -1.98. The summed E-state index contributed by atoms with van der Waals surface area (Å²) in [5.74, 6) is 0.399. The van der Waals surface area contributed by atoms with E-state index in [1.165, 1.54) is 6.26 Å². The average molecular weight is 323 g/mol. The van der Waals surface area contributed by atoms with E-state index in [1.54, 1.807) is 31.2 Å². The molecule has 0 spiro atoms. The third-order valence-corrected chi connectivity index (χ3v) is 3.58. The van der Waals surface area contributed by atoms with Crippen LogP contribution >= 0.6 is 11.6 Å². The lowest BCUT2D eigenvalue weighted by molar-refractivity contribution is 0.0366. The lowest BCUT2D eigenvalue weighted by Gasteiger charge is -2.22. The number of urea groups is 1. The van der Waals surface area contributed by atoms with Gasteiger partial charge in [0.2, 0.25) is 0 Å². The summed E-state index contributed by atoms with van der Waals surface area (Å²) >= 11 is 5.93. The van der Waals surface area contributed by atoms with Crippen LogP contribution in [0.3, 0.4) is 0 Å². The molecule has 0 aliphatic heterocycles. The molecule has 0 unspecified atom stereocenters. The maximum absolute atomic E-state index is 11.9. The Balaban J connectivity index is 1.88. The van der Waals surface area contributed by atoms with Gasteiger partial charge in [-0.1, -0.05) is 23.7 Å². The van der Waals surface area contributed by atoms with Crippen molar-refractivity contribution in [2.45, 2.75) is 25.5 Å². The fourth-order valence-electron chi connectivity index (χ4n) is 2.03. The number of carbonyl (C=O) groups excluding carboxylic acids is 1. The van der Waals surface area contributed by atoms with Crippen molar-refractivity contribution in [1.82, 2.24) is 10.6 Å². The maximum atomic E-state index is 11.9. The average Bonchev–Trinajstić information content (AvgIpc) is 3.00. The topological polar surface area (TPSA) is 74.5 Å². The van der Waals surface area contributed by atoms with Crippen molar-refractivity contribution < 1.29 is 14.3 Å². The molecular formula is C16H19ClN2O3. The molecule has 2 aromatic rings. The van der Waals surface area contributed by atoms with Crippen LogP contribution in [-0.4, -0.2) is 17.7 Å². The van der Waals surface area contributed by atoms with Gasteiger partial charge in [0.25, 0.3) is 0 Å². The third-order valence-electron chi connectivity index (χ3n) is 3.34. The van der Waals surface area contributed by atoms with Gasteiger partial charge >= 0.3 is 6.03 Å². The number of rotatable bonds is 5. The Morgan fingerprint density at radius 2 is 2.18 bits per heavy atom. The molecule has 2 rings (SSSR count). The zero-order chi connectivity index (χ0) is 16.2. The second-order valence-corrected chi connectivity index (χ2v) is 5.79. The van der Waals surface area contributed by atoms with E-state index < -0.39 is 5.60 Å². The summed E-state index contributed by atoms with van der Waals surface area (Å²) in [6.45, 7) is 3.47. The largest absolute Gasteiger partial charge is 0.466 e. The van der Waals surface area contributed by atoms with E-state index in [1.807, 2.05) is 19.1 Å². The monoisotopic (exact) mass is 322 g/mol. The molecule has 1 aromatic heterocycles. The van der Waals surface area contributed by atoms with Crippen LogP contribution in [0.2, 0.25) is 5.02 Å². The second kappa shape index (κ2) is 6.85. The van der Waals surface area contributed by atoms with Crippen LogP contribution in [0.25, 0.3) is 0 Å². The van der Waals surface area contributed by atoms with Crippen LogP contribution in [0.4, 0.5) is 4.79 Å². The van der Waals surface area contributed by atoms with Crippen molar-refractivity contribution in [1.29, 1.82) is 0 Å². The third kappa shape index (κ3) is 4.26. The Morgan fingerprint density at radius 1 is 1.41 bits per heavy atom. The smallest absolute Gasteiger partial charge is 0.315 e. The number of nitrogens with one attached hydrogen (secondary N) is 2. The van der Waals surface area contributed by atoms with Crippen LogP contribution in [-0.2, 0) is 5.60 Å². The molecule has 2 atom stereocenters. The Kier molecular flexibility index (Phi) is 5.11. The van der Waals surface area contributed by atoms with Gasteiger partial charge in [-0.15, -0.1) is 0 Å². The van der Waals surface area contributed by atoms with Crippen molar-refractivity contribution in [3.63, 3.8) is 0 Å². The highest BCUT2D eigenvalue weighted by Gasteiger charge is 2.27. The Labute approximate surface area is 134 Å². The zero-order valence-electron chi connectivity index (χ0n) is 12.5. The van der Waals surface area contributed by atoms with Gasteiger partial charge in [-0.05, 0) is 43.7 Å². The summed E-state index contributed by atoms with van der Waals surface area (Å²) in [6.07, 6.45) is 1.48. The van der Waals surface area contributed by atoms with Crippen molar-refractivity contribution in [3.05, 3.63) is 59.0 Å². The van der Waals surface area contributed by atoms with Gasteiger partial charge in [-0.3, -0.25) is 0 Å². The fourth-order valence-corrected chi connectivity index (χ4v) is 2.23. The number of halogens is 1. The lowest BCUT2D eigenvalue weighted by Crippen LogP contribution is -2.44. The number of carbonyl (C=O) groups is 1. The van der Waals surface area contributed by atoms with Crippen LogP contribution in [0, 0.1) is 0 Å². The summed E-state index contributed by atoms with van der Waals surface area (Å²) in [5.41, 5.74) is -0.361. The molecule has 0 saturated carbocycles. The highest BCUT2D eigenvalue weighted by Crippen LogP contribution is 2.20. The van der Waals surface area contributed by atoms with Crippen LogP contribution < -0.4 is 10.6 Å². The van der Waals surface area contributed by atoms with E-state index in [0.29, 0.717) is 10.8 Å². The van der Waals surface area contributed by atoms with Gasteiger partial charge in [0, 0.05) is 5.02 Å². The summed E-state index contributed by atoms with van der Waals surface area (Å²) in [5, 5.41) is 16.3. The highest BCUT2D eigenvalue weighted by molar-refractivity contribution is 6.30. The number of furan rings is 1. The molecule has 0 aliphatic rings. The normalized spacial score (nSPS) is 14.9. The Morgan fingerprint density at radius 3 is 2.82 bits per heavy atom. The van der Waals surface area contributed by atoms with Crippen molar-refractivity contribution >= 4 is 17.6 Å². The summed E-state index contributed by atoms with van der Waals surface area (Å²) in [4.78, 5) is 11.9. The van der Waals surface area contributed by atoms with Crippen LogP contribution in [0.15, 0.2) is 47.1 Å². The minimum absolute atomic E-state index is 0.0363. The number of aliphatic hydroxyl groups is 1. The predicted octanol–water partition coefficient (Wildman–Crippen LogP) is 3.20. The van der Waals surface area contributed by atoms with E-state index in [0.717, 1.165) is 5.56 Å². The van der Waals surface area contributed by atoms with Crippen molar-refractivity contribution in [3.8, 4) is 0 Å². The first-order valence-electron chi connectivity index (χ1n) is 6.95. The molecule has 6 heteroatoms. The van der Waals surface area contributed by atoms with Crippen LogP contribution in [0.5, 0.6) is 0 Å². The number of amides is 2. The van der Waals surface area contributed by atoms with Gasteiger partial charge in [-0.25, -0.2) is 4.79 Å². The molecule has 0 bridgehead atoms. The van der Waals surface area contributed by atoms with E-state index in [-0.39, 0.29) is 18.6 Å². The van der Waals surface area contributed by atoms with Gasteiger partial charge in [0.15, 0.2) is 0 Å².